The van der Waals surface area contributed by atoms with Crippen LogP contribution in [0.5, 0.6) is 5.75 Å². The summed E-state index contributed by atoms with van der Waals surface area (Å²) in [6.07, 6.45) is 4.50. The minimum atomic E-state index is 0.263. The maximum atomic E-state index is 5.91. The molecule has 1 aromatic carbocycles. The maximum absolute atomic E-state index is 5.91. The molecule has 0 unspecified atom stereocenters. The van der Waals surface area contributed by atoms with Gasteiger partial charge in [0.15, 0.2) is 0 Å². The summed E-state index contributed by atoms with van der Waals surface area (Å²) in [4.78, 5) is 10.5. The van der Waals surface area contributed by atoms with Crippen LogP contribution in [0.25, 0.3) is 0 Å². The van der Waals surface area contributed by atoms with Crippen molar-refractivity contribution in [2.75, 3.05) is 24.6 Å². The molecule has 3 heterocycles. The molecule has 1 aromatic heterocycles. The van der Waals surface area contributed by atoms with Crippen molar-refractivity contribution in [3.05, 3.63) is 48.4 Å². The van der Waals surface area contributed by atoms with E-state index in [1.807, 2.05) is 12.1 Å². The molecule has 0 atom stereocenters. The highest BCUT2D eigenvalue weighted by Gasteiger charge is 2.46. The first-order valence-electron chi connectivity index (χ1n) is 6.56. The second-order valence-corrected chi connectivity index (χ2v) is 5.50. The lowest BCUT2D eigenvalue weighted by molar-refractivity contribution is 0.0874. The summed E-state index contributed by atoms with van der Waals surface area (Å²) in [7, 11) is 0. The molecule has 0 aliphatic carbocycles. The number of para-hydroxylation sites is 1. The fraction of sp³-hybridized carbons (Fsp3) is 0.333. The molecule has 0 bridgehead atoms. The van der Waals surface area contributed by atoms with Crippen molar-refractivity contribution in [2.45, 2.75) is 6.42 Å². The van der Waals surface area contributed by atoms with Crippen LogP contribution in [-0.2, 0) is 6.42 Å². The first-order valence-corrected chi connectivity index (χ1v) is 6.56. The van der Waals surface area contributed by atoms with E-state index in [-0.39, 0.29) is 5.41 Å². The highest BCUT2D eigenvalue weighted by molar-refractivity contribution is 5.45. The van der Waals surface area contributed by atoms with Crippen LogP contribution in [0.4, 0.5) is 5.82 Å². The molecule has 2 aromatic rings. The third kappa shape index (κ3) is 1.75. The molecule has 1 fully saturated rings. The number of hydrogen-bond donors (Lipinski definition) is 0. The zero-order valence-electron chi connectivity index (χ0n) is 10.6. The minimum Gasteiger partial charge on any atom is -0.493 e. The van der Waals surface area contributed by atoms with Gasteiger partial charge in [-0.2, -0.15) is 0 Å². The van der Waals surface area contributed by atoms with Gasteiger partial charge in [0.2, 0.25) is 0 Å². The van der Waals surface area contributed by atoms with Crippen LogP contribution in [-0.4, -0.2) is 29.7 Å². The van der Waals surface area contributed by atoms with Gasteiger partial charge < -0.3 is 9.64 Å². The van der Waals surface area contributed by atoms with Gasteiger partial charge in [-0.25, -0.2) is 9.97 Å². The zero-order valence-corrected chi connectivity index (χ0v) is 10.6. The second kappa shape index (κ2) is 3.95. The summed E-state index contributed by atoms with van der Waals surface area (Å²) in [6.45, 7) is 2.84. The standard InChI is InChI=1S/C15H15N3O/c1-2-4-13-12(3-1)7-15(10-19-13)8-18(9-15)14-5-6-16-11-17-14/h1-6,11H,7-10H2. The molecule has 4 rings (SSSR count). The van der Waals surface area contributed by atoms with Crippen molar-refractivity contribution in [3.63, 3.8) is 0 Å². The monoisotopic (exact) mass is 253 g/mol. The average molecular weight is 253 g/mol. The summed E-state index contributed by atoms with van der Waals surface area (Å²) >= 11 is 0. The van der Waals surface area contributed by atoms with E-state index < -0.39 is 0 Å². The largest absolute Gasteiger partial charge is 0.493 e. The Morgan fingerprint density at radius 2 is 2.05 bits per heavy atom. The Kier molecular flexibility index (Phi) is 2.24. The highest BCUT2D eigenvalue weighted by Crippen LogP contribution is 2.42. The SMILES string of the molecule is c1ccc2c(c1)CC1(CO2)CN(c2ccncn2)C1. The molecule has 2 aliphatic heterocycles. The molecule has 1 spiro atoms. The minimum absolute atomic E-state index is 0.263. The van der Waals surface area contributed by atoms with E-state index >= 15 is 0 Å². The Morgan fingerprint density at radius 1 is 1.16 bits per heavy atom. The van der Waals surface area contributed by atoms with Crippen LogP contribution in [0.2, 0.25) is 0 Å². The number of fused-ring (bicyclic) bond motifs is 1. The number of benzene rings is 1. The fourth-order valence-electron chi connectivity index (χ4n) is 3.08. The van der Waals surface area contributed by atoms with Gasteiger partial charge in [-0.3, -0.25) is 0 Å². The lowest BCUT2D eigenvalue weighted by Gasteiger charge is -2.52. The molecule has 19 heavy (non-hydrogen) atoms. The topological polar surface area (TPSA) is 38.2 Å². The van der Waals surface area contributed by atoms with Gasteiger partial charge >= 0.3 is 0 Å². The summed E-state index contributed by atoms with van der Waals surface area (Å²) in [5.41, 5.74) is 1.59. The number of rotatable bonds is 1. The average Bonchev–Trinajstić information content (AvgIpc) is 2.45. The van der Waals surface area contributed by atoms with E-state index in [0.717, 1.165) is 37.7 Å². The summed E-state index contributed by atoms with van der Waals surface area (Å²) < 4.78 is 5.91. The van der Waals surface area contributed by atoms with Crippen molar-refractivity contribution in [1.29, 1.82) is 0 Å². The molecule has 0 saturated carbocycles. The predicted octanol–water partition coefficient (Wildman–Crippen LogP) is 1.92. The fourth-order valence-corrected chi connectivity index (χ4v) is 3.08. The summed E-state index contributed by atoms with van der Waals surface area (Å²) in [6, 6.07) is 10.3. The molecule has 2 aliphatic rings. The van der Waals surface area contributed by atoms with Gasteiger partial charge in [-0.15, -0.1) is 0 Å². The summed E-state index contributed by atoms with van der Waals surface area (Å²) in [5.74, 6) is 2.06. The van der Waals surface area contributed by atoms with E-state index in [2.05, 4.69) is 33.1 Å². The lowest BCUT2D eigenvalue weighted by atomic mass is 9.74. The Labute approximate surface area is 112 Å². The zero-order chi connectivity index (χ0) is 12.7. The van der Waals surface area contributed by atoms with Crippen LogP contribution in [0.1, 0.15) is 5.56 Å². The van der Waals surface area contributed by atoms with Gasteiger partial charge in [-0.1, -0.05) is 18.2 Å². The normalized spacial score (nSPS) is 19.5. The lowest BCUT2D eigenvalue weighted by Crippen LogP contribution is -2.61. The molecular formula is C15H15N3O. The van der Waals surface area contributed by atoms with Crippen LogP contribution in [0, 0.1) is 5.41 Å². The number of hydrogen-bond acceptors (Lipinski definition) is 4. The molecule has 4 nitrogen and oxygen atoms in total. The quantitative estimate of drug-likeness (QED) is 0.778. The smallest absolute Gasteiger partial charge is 0.131 e. The molecular weight excluding hydrogens is 238 g/mol. The van der Waals surface area contributed by atoms with Crippen molar-refractivity contribution in [2.24, 2.45) is 5.41 Å². The third-order valence-corrected chi connectivity index (χ3v) is 4.01. The Hall–Kier alpha value is -2.10. The van der Waals surface area contributed by atoms with Crippen LogP contribution in [0.15, 0.2) is 42.9 Å². The van der Waals surface area contributed by atoms with Gasteiger partial charge in [0, 0.05) is 24.7 Å². The Bertz CT molecular complexity index is 593. The van der Waals surface area contributed by atoms with E-state index in [0.29, 0.717) is 0 Å². The van der Waals surface area contributed by atoms with Crippen molar-refractivity contribution in [1.82, 2.24) is 9.97 Å². The van der Waals surface area contributed by atoms with Crippen LogP contribution < -0.4 is 9.64 Å². The molecule has 0 radical (unpaired) electrons. The van der Waals surface area contributed by atoms with Crippen molar-refractivity contribution in [3.8, 4) is 5.75 Å². The molecule has 0 N–H and O–H groups in total. The van der Waals surface area contributed by atoms with E-state index in [1.54, 1.807) is 12.5 Å². The first kappa shape index (κ1) is 10.8. The van der Waals surface area contributed by atoms with E-state index in [4.69, 9.17) is 4.74 Å². The molecule has 1 saturated heterocycles. The van der Waals surface area contributed by atoms with Gasteiger partial charge in [0.1, 0.15) is 17.9 Å². The summed E-state index contributed by atoms with van der Waals surface area (Å²) in [5, 5.41) is 0. The van der Waals surface area contributed by atoms with Gasteiger partial charge in [0.05, 0.1) is 6.61 Å². The molecule has 96 valence electrons. The van der Waals surface area contributed by atoms with Crippen LogP contribution >= 0.6 is 0 Å². The number of anilines is 1. The molecule has 4 heteroatoms. The highest BCUT2D eigenvalue weighted by atomic mass is 16.5. The van der Waals surface area contributed by atoms with E-state index in [1.165, 1.54) is 5.56 Å². The van der Waals surface area contributed by atoms with E-state index in [9.17, 15) is 0 Å². The maximum Gasteiger partial charge on any atom is 0.131 e. The van der Waals surface area contributed by atoms with Gasteiger partial charge in [-0.05, 0) is 24.1 Å². The van der Waals surface area contributed by atoms with Crippen LogP contribution in [0.3, 0.4) is 0 Å². The van der Waals surface area contributed by atoms with Gasteiger partial charge in [0.25, 0.3) is 0 Å². The first-order chi connectivity index (χ1) is 9.35. The predicted molar refractivity (Wildman–Crippen MR) is 72.3 cm³/mol. The second-order valence-electron chi connectivity index (χ2n) is 5.50. The Balaban J connectivity index is 1.52. The number of nitrogens with zero attached hydrogens (tertiary/aromatic N) is 3. The Morgan fingerprint density at radius 3 is 2.89 bits per heavy atom. The number of aromatic nitrogens is 2. The number of ether oxygens (including phenoxy) is 1. The third-order valence-electron chi connectivity index (χ3n) is 4.01. The molecule has 0 amide bonds. The van der Waals surface area contributed by atoms with Crippen molar-refractivity contribution < 1.29 is 4.74 Å². The van der Waals surface area contributed by atoms with Crippen molar-refractivity contribution >= 4 is 5.82 Å².